The Kier molecular flexibility index (Phi) is 5.86. The molecule has 0 amide bonds. The first-order valence-electron chi connectivity index (χ1n) is 9.61. The Balaban J connectivity index is 1.48. The van der Waals surface area contributed by atoms with Crippen molar-refractivity contribution in [2.24, 2.45) is 0 Å². The average Bonchev–Trinajstić information content (AvgIpc) is 2.76. The Hall–Kier alpha value is -3.11. The molecule has 2 aliphatic rings. The third-order valence-corrected chi connectivity index (χ3v) is 5.39. The number of hydrogen-bond donors (Lipinski definition) is 0. The number of rotatable bonds is 4. The molecule has 0 aliphatic carbocycles. The second-order valence-corrected chi connectivity index (χ2v) is 7.55. The lowest BCUT2D eigenvalue weighted by molar-refractivity contribution is 0.163. The number of aromatic nitrogens is 1. The first-order valence-corrected chi connectivity index (χ1v) is 9.98. The molecular weight excluding hydrogens is 410 g/mol. The minimum atomic E-state index is -0.697. The zero-order valence-corrected chi connectivity index (χ0v) is 16.8. The highest BCUT2D eigenvalue weighted by Gasteiger charge is 2.25. The fraction of sp³-hybridized carbons (Fsp3) is 0.273. The zero-order valence-electron chi connectivity index (χ0n) is 16.1. The van der Waals surface area contributed by atoms with E-state index in [0.717, 1.165) is 17.6 Å². The van der Waals surface area contributed by atoms with Crippen molar-refractivity contribution < 1.29 is 13.5 Å². The molecule has 30 heavy (non-hydrogen) atoms. The molecule has 1 aromatic heterocycles. The van der Waals surface area contributed by atoms with Gasteiger partial charge in [-0.1, -0.05) is 11.6 Å². The van der Waals surface area contributed by atoms with E-state index < -0.39 is 11.6 Å². The van der Waals surface area contributed by atoms with Crippen LogP contribution in [0.25, 0.3) is 0 Å². The SMILES string of the molecule is N#Cc1cnc(N2CCC(Oc3ccc(F)cc3F)CC2)c(N2C=CC(Cl)=CC2)c1. The number of ether oxygens (including phenoxy) is 1. The lowest BCUT2D eigenvalue weighted by Gasteiger charge is -2.35. The van der Waals surface area contributed by atoms with E-state index >= 15 is 0 Å². The smallest absolute Gasteiger partial charge is 0.167 e. The van der Waals surface area contributed by atoms with E-state index in [9.17, 15) is 14.0 Å². The molecule has 5 nitrogen and oxygen atoms in total. The second-order valence-electron chi connectivity index (χ2n) is 7.11. The maximum absolute atomic E-state index is 13.9. The lowest BCUT2D eigenvalue weighted by Crippen LogP contribution is -2.39. The Labute approximate surface area is 178 Å². The number of piperidine rings is 1. The predicted molar refractivity (Wildman–Crippen MR) is 112 cm³/mol. The van der Waals surface area contributed by atoms with Gasteiger partial charge in [-0.25, -0.2) is 13.8 Å². The Bertz CT molecular complexity index is 1040. The number of benzene rings is 1. The van der Waals surface area contributed by atoms with Crippen LogP contribution in [0.15, 0.2) is 53.8 Å². The average molecular weight is 429 g/mol. The molecule has 0 unspecified atom stereocenters. The normalized spacial score (nSPS) is 16.9. The molecule has 8 heteroatoms. The number of pyridine rings is 1. The predicted octanol–water partition coefficient (Wildman–Crippen LogP) is 4.74. The van der Waals surface area contributed by atoms with Gasteiger partial charge in [0.15, 0.2) is 17.4 Å². The number of anilines is 2. The van der Waals surface area contributed by atoms with Crippen LogP contribution < -0.4 is 14.5 Å². The summed E-state index contributed by atoms with van der Waals surface area (Å²) in [4.78, 5) is 8.65. The summed E-state index contributed by atoms with van der Waals surface area (Å²) in [5.74, 6) is -0.486. The molecule has 2 aliphatic heterocycles. The van der Waals surface area contributed by atoms with Gasteiger partial charge in [-0.3, -0.25) is 0 Å². The maximum Gasteiger partial charge on any atom is 0.167 e. The van der Waals surface area contributed by atoms with E-state index in [2.05, 4.69) is 16.0 Å². The van der Waals surface area contributed by atoms with Gasteiger partial charge in [0.1, 0.15) is 18.0 Å². The fourth-order valence-corrected chi connectivity index (χ4v) is 3.68. The van der Waals surface area contributed by atoms with Crippen molar-refractivity contribution >= 4 is 23.1 Å². The van der Waals surface area contributed by atoms with Gasteiger partial charge in [-0.2, -0.15) is 5.26 Å². The Morgan fingerprint density at radius 3 is 2.67 bits per heavy atom. The van der Waals surface area contributed by atoms with Crippen LogP contribution in [0.4, 0.5) is 20.3 Å². The van der Waals surface area contributed by atoms with Crippen molar-refractivity contribution in [2.75, 3.05) is 29.4 Å². The lowest BCUT2D eigenvalue weighted by atomic mass is 10.1. The summed E-state index contributed by atoms with van der Waals surface area (Å²) in [6, 6.07) is 7.28. The largest absolute Gasteiger partial charge is 0.487 e. The molecule has 4 rings (SSSR count). The third kappa shape index (κ3) is 4.39. The molecule has 1 fully saturated rings. The van der Waals surface area contributed by atoms with Gasteiger partial charge in [0.2, 0.25) is 0 Å². The Morgan fingerprint density at radius 2 is 2.00 bits per heavy atom. The molecule has 0 radical (unpaired) electrons. The summed E-state index contributed by atoms with van der Waals surface area (Å²) in [6.45, 7) is 1.91. The summed E-state index contributed by atoms with van der Waals surface area (Å²) in [5, 5.41) is 9.94. The van der Waals surface area contributed by atoms with Gasteiger partial charge < -0.3 is 14.5 Å². The van der Waals surface area contributed by atoms with E-state index in [1.54, 1.807) is 12.3 Å². The van der Waals surface area contributed by atoms with Gasteiger partial charge >= 0.3 is 0 Å². The zero-order chi connectivity index (χ0) is 21.1. The molecular formula is C22H19ClF2N4O. The van der Waals surface area contributed by atoms with E-state index in [1.165, 1.54) is 12.1 Å². The molecule has 154 valence electrons. The van der Waals surface area contributed by atoms with E-state index in [4.69, 9.17) is 16.3 Å². The number of nitriles is 1. The van der Waals surface area contributed by atoms with Gasteiger partial charge in [-0.05, 0) is 30.4 Å². The molecule has 0 saturated carbocycles. The monoisotopic (exact) mass is 428 g/mol. The minimum Gasteiger partial charge on any atom is -0.487 e. The highest BCUT2D eigenvalue weighted by molar-refractivity contribution is 6.31. The summed E-state index contributed by atoms with van der Waals surface area (Å²) in [7, 11) is 0. The number of hydrogen-bond acceptors (Lipinski definition) is 5. The standard InChI is InChI=1S/C22H19ClF2N4O/c23-16-3-7-28(8-4-16)20-11-15(13-26)14-27-22(20)29-9-5-18(6-10-29)30-21-2-1-17(24)12-19(21)25/h1-4,7,11-12,14,18H,5-6,8-10H2. The number of nitrogens with zero attached hydrogens (tertiary/aromatic N) is 4. The highest BCUT2D eigenvalue weighted by Crippen LogP contribution is 2.33. The fourth-order valence-electron chi connectivity index (χ4n) is 3.55. The maximum atomic E-state index is 13.9. The molecule has 1 saturated heterocycles. The third-order valence-electron chi connectivity index (χ3n) is 5.11. The molecule has 0 atom stereocenters. The van der Waals surface area contributed by atoms with Crippen LogP contribution in [0.5, 0.6) is 5.75 Å². The van der Waals surface area contributed by atoms with Crippen LogP contribution in [0, 0.1) is 23.0 Å². The Morgan fingerprint density at radius 1 is 1.20 bits per heavy atom. The molecule has 0 bridgehead atoms. The van der Waals surface area contributed by atoms with E-state index in [1.807, 2.05) is 23.2 Å². The van der Waals surface area contributed by atoms with Crippen LogP contribution in [0.3, 0.4) is 0 Å². The molecule has 0 N–H and O–H groups in total. The van der Waals surface area contributed by atoms with Crippen molar-refractivity contribution in [3.05, 3.63) is 71.0 Å². The van der Waals surface area contributed by atoms with E-state index in [0.29, 0.717) is 43.1 Å². The van der Waals surface area contributed by atoms with E-state index in [-0.39, 0.29) is 11.9 Å². The van der Waals surface area contributed by atoms with Crippen LogP contribution in [0.2, 0.25) is 0 Å². The van der Waals surface area contributed by atoms with Crippen molar-refractivity contribution in [3.8, 4) is 11.8 Å². The minimum absolute atomic E-state index is 0.0640. The summed E-state index contributed by atoms with van der Waals surface area (Å²) >= 11 is 6.03. The molecule has 3 heterocycles. The van der Waals surface area contributed by atoms with Gasteiger partial charge in [-0.15, -0.1) is 0 Å². The first kappa shape index (κ1) is 20.2. The van der Waals surface area contributed by atoms with Gasteiger partial charge in [0.05, 0.1) is 11.3 Å². The van der Waals surface area contributed by atoms with Crippen LogP contribution in [0.1, 0.15) is 18.4 Å². The topological polar surface area (TPSA) is 52.4 Å². The molecule has 0 spiro atoms. The van der Waals surface area contributed by atoms with Crippen molar-refractivity contribution in [3.63, 3.8) is 0 Å². The van der Waals surface area contributed by atoms with Crippen molar-refractivity contribution in [2.45, 2.75) is 18.9 Å². The second kappa shape index (κ2) is 8.72. The van der Waals surface area contributed by atoms with Gasteiger partial charge in [0, 0.05) is 56.0 Å². The van der Waals surface area contributed by atoms with Crippen LogP contribution >= 0.6 is 11.6 Å². The quantitative estimate of drug-likeness (QED) is 0.704. The number of allylic oxidation sites excluding steroid dienone is 2. The first-order chi connectivity index (χ1) is 14.5. The van der Waals surface area contributed by atoms with Gasteiger partial charge in [0.25, 0.3) is 0 Å². The molecule has 2 aromatic rings. The van der Waals surface area contributed by atoms with Crippen LogP contribution in [-0.4, -0.2) is 30.7 Å². The summed E-state index contributed by atoms with van der Waals surface area (Å²) in [5.41, 5.74) is 1.31. The van der Waals surface area contributed by atoms with Crippen molar-refractivity contribution in [1.29, 1.82) is 5.26 Å². The summed E-state index contributed by atoms with van der Waals surface area (Å²) in [6.07, 6.45) is 8.29. The highest BCUT2D eigenvalue weighted by atomic mass is 35.5. The molecule has 1 aromatic carbocycles. The summed E-state index contributed by atoms with van der Waals surface area (Å²) < 4.78 is 32.7. The number of halogens is 3. The van der Waals surface area contributed by atoms with Crippen molar-refractivity contribution in [1.82, 2.24) is 4.98 Å². The van der Waals surface area contributed by atoms with Crippen LogP contribution in [-0.2, 0) is 0 Å².